The minimum atomic E-state index is -0.349. The molecule has 2 aromatic carbocycles. The molecule has 0 saturated carbocycles. The summed E-state index contributed by atoms with van der Waals surface area (Å²) in [4.78, 5) is 4.63. The molecule has 0 saturated heterocycles. The number of anilines is 1. The van der Waals surface area contributed by atoms with Crippen molar-refractivity contribution in [2.75, 3.05) is 12.8 Å². The van der Waals surface area contributed by atoms with Gasteiger partial charge in [0.15, 0.2) is 11.1 Å². The Morgan fingerprint density at radius 1 is 1.10 bits per heavy atom. The first-order valence-electron chi connectivity index (χ1n) is 6.82. The highest BCUT2D eigenvalue weighted by Gasteiger charge is 2.29. The summed E-state index contributed by atoms with van der Waals surface area (Å²) in [5, 5.41) is 0. The highest BCUT2D eigenvalue weighted by atomic mass is 16.5. The number of aromatic nitrogens is 1. The zero-order valence-corrected chi connectivity index (χ0v) is 12.4. The van der Waals surface area contributed by atoms with Crippen molar-refractivity contribution in [2.24, 2.45) is 0 Å². The Balaban J connectivity index is 2.12. The molecular formula is C17H18N2O2. The molecule has 0 fully saturated rings. The first-order chi connectivity index (χ1) is 10.0. The van der Waals surface area contributed by atoms with Crippen LogP contribution in [0.4, 0.5) is 5.69 Å². The largest absolute Gasteiger partial charge is 0.494 e. The van der Waals surface area contributed by atoms with Crippen LogP contribution >= 0.6 is 0 Å². The van der Waals surface area contributed by atoms with E-state index in [1.165, 1.54) is 0 Å². The van der Waals surface area contributed by atoms with Crippen LogP contribution in [0.2, 0.25) is 0 Å². The smallest absolute Gasteiger partial charge is 0.205 e. The first-order valence-corrected chi connectivity index (χ1v) is 6.82. The number of para-hydroxylation sites is 1. The van der Waals surface area contributed by atoms with Crippen LogP contribution in [-0.2, 0) is 5.41 Å². The summed E-state index contributed by atoms with van der Waals surface area (Å²) in [7, 11) is 1.63. The van der Waals surface area contributed by atoms with Gasteiger partial charge in [-0.3, -0.25) is 0 Å². The Bertz CT molecular complexity index is 773. The number of hydrogen-bond acceptors (Lipinski definition) is 4. The monoisotopic (exact) mass is 282 g/mol. The molecule has 3 aromatic rings. The molecule has 1 heterocycles. The second-order valence-electron chi connectivity index (χ2n) is 5.57. The fourth-order valence-electron chi connectivity index (χ4n) is 2.38. The van der Waals surface area contributed by atoms with E-state index in [-0.39, 0.29) is 5.41 Å². The Morgan fingerprint density at radius 2 is 1.81 bits per heavy atom. The first kappa shape index (κ1) is 13.5. The zero-order valence-electron chi connectivity index (χ0n) is 12.4. The highest BCUT2D eigenvalue weighted by Crippen LogP contribution is 2.35. The fraction of sp³-hybridized carbons (Fsp3) is 0.235. The third-order valence-electron chi connectivity index (χ3n) is 3.77. The lowest BCUT2D eigenvalue weighted by Crippen LogP contribution is -2.19. The minimum Gasteiger partial charge on any atom is -0.494 e. The van der Waals surface area contributed by atoms with Gasteiger partial charge in [0.25, 0.3) is 0 Å². The third-order valence-corrected chi connectivity index (χ3v) is 3.77. The summed E-state index contributed by atoms with van der Waals surface area (Å²) < 4.78 is 11.3. The van der Waals surface area contributed by atoms with Crippen molar-refractivity contribution in [2.45, 2.75) is 19.3 Å². The SMILES string of the molecule is COc1cccc2oc(C(C)(C)c3ccc(N)cc3)nc12. The molecule has 0 radical (unpaired) electrons. The molecule has 4 heteroatoms. The number of methoxy groups -OCH3 is 1. The van der Waals surface area contributed by atoms with E-state index in [1.807, 2.05) is 42.5 Å². The number of ether oxygens (including phenoxy) is 1. The molecule has 0 bridgehead atoms. The van der Waals surface area contributed by atoms with Crippen LogP contribution in [-0.4, -0.2) is 12.1 Å². The van der Waals surface area contributed by atoms with Crippen molar-refractivity contribution in [1.82, 2.24) is 4.98 Å². The summed E-state index contributed by atoms with van der Waals surface area (Å²) in [5.74, 6) is 1.38. The Kier molecular flexibility index (Phi) is 3.09. The second kappa shape index (κ2) is 4.81. The molecule has 0 aliphatic rings. The van der Waals surface area contributed by atoms with E-state index < -0.39 is 0 Å². The minimum absolute atomic E-state index is 0.349. The number of nitrogens with two attached hydrogens (primary N) is 1. The van der Waals surface area contributed by atoms with E-state index >= 15 is 0 Å². The van der Waals surface area contributed by atoms with Crippen LogP contribution < -0.4 is 10.5 Å². The Labute approximate surface area is 123 Å². The molecular weight excluding hydrogens is 264 g/mol. The van der Waals surface area contributed by atoms with Gasteiger partial charge < -0.3 is 14.9 Å². The molecule has 21 heavy (non-hydrogen) atoms. The highest BCUT2D eigenvalue weighted by molar-refractivity contribution is 5.79. The summed E-state index contributed by atoms with van der Waals surface area (Å²) in [6, 6.07) is 13.5. The van der Waals surface area contributed by atoms with Crippen LogP contribution in [0.5, 0.6) is 5.75 Å². The molecule has 0 amide bonds. The molecule has 3 rings (SSSR count). The quantitative estimate of drug-likeness (QED) is 0.743. The number of fused-ring (bicyclic) bond motifs is 1. The van der Waals surface area contributed by atoms with Gasteiger partial charge in [0.05, 0.1) is 12.5 Å². The van der Waals surface area contributed by atoms with Gasteiger partial charge in [0.1, 0.15) is 5.75 Å². The lowest BCUT2D eigenvalue weighted by atomic mass is 9.84. The predicted octanol–water partition coefficient (Wildman–Crippen LogP) is 3.74. The summed E-state index contributed by atoms with van der Waals surface area (Å²) in [5.41, 5.74) is 8.72. The van der Waals surface area contributed by atoms with E-state index in [0.29, 0.717) is 5.89 Å². The van der Waals surface area contributed by atoms with E-state index in [1.54, 1.807) is 7.11 Å². The van der Waals surface area contributed by atoms with Crippen molar-refractivity contribution < 1.29 is 9.15 Å². The number of oxazole rings is 1. The fourth-order valence-corrected chi connectivity index (χ4v) is 2.38. The van der Waals surface area contributed by atoms with E-state index in [4.69, 9.17) is 14.9 Å². The molecule has 0 atom stereocenters. The van der Waals surface area contributed by atoms with E-state index in [2.05, 4.69) is 18.8 Å². The topological polar surface area (TPSA) is 61.3 Å². The van der Waals surface area contributed by atoms with E-state index in [0.717, 1.165) is 28.1 Å². The van der Waals surface area contributed by atoms with Gasteiger partial charge in [-0.15, -0.1) is 0 Å². The van der Waals surface area contributed by atoms with Gasteiger partial charge >= 0.3 is 0 Å². The maximum absolute atomic E-state index is 5.94. The van der Waals surface area contributed by atoms with E-state index in [9.17, 15) is 0 Å². The molecule has 0 aliphatic heterocycles. The van der Waals surface area contributed by atoms with Crippen molar-refractivity contribution >= 4 is 16.8 Å². The van der Waals surface area contributed by atoms with Crippen molar-refractivity contribution in [3.63, 3.8) is 0 Å². The number of rotatable bonds is 3. The zero-order chi connectivity index (χ0) is 15.0. The van der Waals surface area contributed by atoms with Crippen LogP contribution in [0.25, 0.3) is 11.1 Å². The summed E-state index contributed by atoms with van der Waals surface area (Å²) >= 11 is 0. The average Bonchev–Trinajstić information content (AvgIpc) is 2.92. The Hall–Kier alpha value is -2.49. The van der Waals surface area contributed by atoms with Crippen molar-refractivity contribution in [3.8, 4) is 5.75 Å². The standard InChI is InChI=1S/C17H18N2O2/c1-17(2,11-7-9-12(18)10-8-11)16-19-15-13(20-3)5-4-6-14(15)21-16/h4-10H,18H2,1-3H3. The maximum atomic E-state index is 5.94. The average molecular weight is 282 g/mol. The van der Waals surface area contributed by atoms with Crippen LogP contribution in [0.15, 0.2) is 46.9 Å². The normalized spacial score (nSPS) is 11.8. The van der Waals surface area contributed by atoms with Gasteiger partial charge in [-0.2, -0.15) is 0 Å². The maximum Gasteiger partial charge on any atom is 0.205 e. The number of hydrogen-bond donors (Lipinski definition) is 1. The predicted molar refractivity (Wildman–Crippen MR) is 83.5 cm³/mol. The van der Waals surface area contributed by atoms with Crippen LogP contribution in [0.1, 0.15) is 25.3 Å². The molecule has 2 N–H and O–H groups in total. The number of nitrogen functional groups attached to an aromatic ring is 1. The number of nitrogens with zero attached hydrogens (tertiary/aromatic N) is 1. The van der Waals surface area contributed by atoms with Crippen molar-refractivity contribution in [1.29, 1.82) is 0 Å². The molecule has 0 spiro atoms. The van der Waals surface area contributed by atoms with Crippen LogP contribution in [0.3, 0.4) is 0 Å². The molecule has 0 unspecified atom stereocenters. The molecule has 108 valence electrons. The lowest BCUT2D eigenvalue weighted by molar-refractivity contribution is 0.419. The molecule has 1 aromatic heterocycles. The van der Waals surface area contributed by atoms with Crippen LogP contribution in [0, 0.1) is 0 Å². The molecule has 4 nitrogen and oxygen atoms in total. The summed E-state index contributed by atoms with van der Waals surface area (Å²) in [6.07, 6.45) is 0. The van der Waals surface area contributed by atoms with Gasteiger partial charge in [-0.05, 0) is 43.7 Å². The van der Waals surface area contributed by atoms with Gasteiger partial charge in [0, 0.05) is 5.69 Å². The number of benzene rings is 2. The third kappa shape index (κ3) is 2.23. The van der Waals surface area contributed by atoms with Gasteiger partial charge in [0.2, 0.25) is 5.89 Å². The second-order valence-corrected chi connectivity index (χ2v) is 5.57. The Morgan fingerprint density at radius 3 is 2.48 bits per heavy atom. The lowest BCUT2D eigenvalue weighted by Gasteiger charge is -2.21. The van der Waals surface area contributed by atoms with Gasteiger partial charge in [-0.1, -0.05) is 18.2 Å². The summed E-state index contributed by atoms with van der Waals surface area (Å²) in [6.45, 7) is 4.16. The molecule has 0 aliphatic carbocycles. The van der Waals surface area contributed by atoms with Crippen molar-refractivity contribution in [3.05, 3.63) is 53.9 Å². The van der Waals surface area contributed by atoms with Gasteiger partial charge in [-0.25, -0.2) is 4.98 Å².